The topological polar surface area (TPSA) is 98.3 Å². The highest BCUT2D eigenvalue weighted by atomic mass is 16.3. The number of H-pyrrole nitrogens is 1. The summed E-state index contributed by atoms with van der Waals surface area (Å²) in [7, 11) is 1.64. The summed E-state index contributed by atoms with van der Waals surface area (Å²) in [6.45, 7) is -0.0812. The van der Waals surface area contributed by atoms with Crippen molar-refractivity contribution in [2.24, 2.45) is 0 Å². The molecule has 0 bridgehead atoms. The maximum atomic E-state index is 12.6. The number of nitrogens with one attached hydrogen (secondary N) is 2. The Hall–Kier alpha value is -3.19. The number of aliphatic hydroxyl groups excluding tert-OH is 1. The molecular weight excluding hydrogens is 332 g/mol. The molecule has 26 heavy (non-hydrogen) atoms. The van der Waals surface area contributed by atoms with Gasteiger partial charge in [0.2, 0.25) is 5.91 Å². The van der Waals surface area contributed by atoms with Crippen molar-refractivity contribution in [2.45, 2.75) is 12.6 Å². The average molecular weight is 352 g/mol. The molecule has 3 N–H and O–H groups in total. The van der Waals surface area contributed by atoms with Gasteiger partial charge in [-0.15, -0.1) is 0 Å². The zero-order valence-corrected chi connectivity index (χ0v) is 14.3. The Labute approximate surface area is 150 Å². The molecule has 0 saturated carbocycles. The number of aromatic amines is 1. The van der Waals surface area contributed by atoms with Gasteiger partial charge in [-0.1, -0.05) is 30.3 Å². The van der Waals surface area contributed by atoms with E-state index in [9.17, 15) is 14.7 Å². The fourth-order valence-electron chi connectivity index (χ4n) is 2.71. The van der Waals surface area contributed by atoms with Gasteiger partial charge in [-0.05, 0) is 23.8 Å². The third-order valence-electron chi connectivity index (χ3n) is 4.11. The lowest BCUT2D eigenvalue weighted by Gasteiger charge is -2.23. The number of carbonyl (C=O) groups excluding carboxylic acids is 2. The van der Waals surface area contributed by atoms with Crippen LogP contribution in [0.4, 0.5) is 0 Å². The van der Waals surface area contributed by atoms with E-state index < -0.39 is 18.6 Å². The van der Waals surface area contributed by atoms with Gasteiger partial charge in [-0.3, -0.25) is 9.59 Å². The number of fused-ring (bicyclic) bond motifs is 1. The summed E-state index contributed by atoms with van der Waals surface area (Å²) in [5, 5.41) is 12.2. The first kappa shape index (κ1) is 17.6. The first-order valence-electron chi connectivity index (χ1n) is 8.22. The van der Waals surface area contributed by atoms with Crippen LogP contribution in [0.15, 0.2) is 54.9 Å². The second kappa shape index (κ2) is 7.79. The van der Waals surface area contributed by atoms with Crippen molar-refractivity contribution >= 4 is 22.8 Å². The third-order valence-corrected chi connectivity index (χ3v) is 4.11. The smallest absolute Gasteiger partial charge is 0.252 e. The highest BCUT2D eigenvalue weighted by Crippen LogP contribution is 2.12. The number of aromatic nitrogens is 2. The maximum absolute atomic E-state index is 12.6. The number of hydrogen-bond acceptors (Lipinski definition) is 4. The Balaban J connectivity index is 1.67. The van der Waals surface area contributed by atoms with Crippen LogP contribution < -0.4 is 5.32 Å². The molecule has 0 aliphatic rings. The minimum absolute atomic E-state index is 0.354. The molecule has 1 heterocycles. The van der Waals surface area contributed by atoms with E-state index in [2.05, 4.69) is 15.3 Å². The molecule has 2 amide bonds. The highest BCUT2D eigenvalue weighted by molar-refractivity contribution is 5.99. The van der Waals surface area contributed by atoms with Crippen molar-refractivity contribution in [3.8, 4) is 0 Å². The zero-order chi connectivity index (χ0) is 18.5. The molecule has 0 spiro atoms. The lowest BCUT2D eigenvalue weighted by atomic mass is 10.1. The minimum atomic E-state index is -1.01. The average Bonchev–Trinajstić information content (AvgIpc) is 3.14. The van der Waals surface area contributed by atoms with Crippen LogP contribution in [0.2, 0.25) is 0 Å². The lowest BCUT2D eigenvalue weighted by Crippen LogP contribution is -2.49. The molecule has 1 atom stereocenters. The molecule has 2 aromatic carbocycles. The number of nitrogens with zero attached hydrogens (tertiary/aromatic N) is 2. The predicted molar refractivity (Wildman–Crippen MR) is 97.3 cm³/mol. The molecule has 3 rings (SSSR count). The minimum Gasteiger partial charge on any atom is -0.394 e. The van der Waals surface area contributed by atoms with Gasteiger partial charge in [-0.2, -0.15) is 0 Å². The molecule has 0 saturated heterocycles. The van der Waals surface area contributed by atoms with Gasteiger partial charge >= 0.3 is 0 Å². The van der Waals surface area contributed by atoms with Crippen LogP contribution in [-0.4, -0.2) is 51.5 Å². The molecule has 1 aromatic heterocycles. The highest BCUT2D eigenvalue weighted by Gasteiger charge is 2.24. The van der Waals surface area contributed by atoms with Gasteiger partial charge in [0.05, 0.1) is 24.0 Å². The Morgan fingerprint density at radius 3 is 2.73 bits per heavy atom. The summed E-state index contributed by atoms with van der Waals surface area (Å²) in [5.74, 6) is -0.783. The van der Waals surface area contributed by atoms with Crippen molar-refractivity contribution in [1.82, 2.24) is 20.2 Å². The Morgan fingerprint density at radius 1 is 1.23 bits per heavy atom. The summed E-state index contributed by atoms with van der Waals surface area (Å²) < 4.78 is 0. The van der Waals surface area contributed by atoms with E-state index in [-0.39, 0.29) is 5.91 Å². The van der Waals surface area contributed by atoms with Crippen molar-refractivity contribution in [1.29, 1.82) is 0 Å². The molecule has 0 aliphatic heterocycles. The van der Waals surface area contributed by atoms with E-state index in [1.165, 1.54) is 4.90 Å². The molecule has 3 aromatic rings. The van der Waals surface area contributed by atoms with E-state index >= 15 is 0 Å². The van der Waals surface area contributed by atoms with Gasteiger partial charge in [-0.25, -0.2) is 4.98 Å². The van der Waals surface area contributed by atoms with E-state index in [0.29, 0.717) is 12.1 Å². The van der Waals surface area contributed by atoms with E-state index in [4.69, 9.17) is 0 Å². The maximum Gasteiger partial charge on any atom is 0.252 e. The molecule has 7 heteroatoms. The summed E-state index contributed by atoms with van der Waals surface area (Å²) >= 11 is 0. The molecule has 0 fully saturated rings. The van der Waals surface area contributed by atoms with Crippen LogP contribution in [0.1, 0.15) is 15.9 Å². The molecular formula is C19H20N4O3. The molecule has 134 valence electrons. The summed E-state index contributed by atoms with van der Waals surface area (Å²) in [6.07, 6.45) is 1.55. The fraction of sp³-hybridized carbons (Fsp3) is 0.211. The van der Waals surface area contributed by atoms with Gasteiger partial charge in [0.1, 0.15) is 6.04 Å². The fourth-order valence-corrected chi connectivity index (χ4v) is 2.71. The van der Waals surface area contributed by atoms with E-state index in [1.54, 1.807) is 31.6 Å². The third kappa shape index (κ3) is 3.89. The van der Waals surface area contributed by atoms with Gasteiger partial charge < -0.3 is 20.3 Å². The molecule has 0 unspecified atom stereocenters. The number of imidazole rings is 1. The van der Waals surface area contributed by atoms with E-state index in [1.807, 2.05) is 30.3 Å². The number of hydrogen-bond donors (Lipinski definition) is 3. The normalized spacial score (nSPS) is 11.9. The standard InChI is InChI=1S/C19H20N4O3/c1-23(10-13-5-3-2-4-6-13)19(26)17(11-24)22-18(25)14-7-8-15-16(9-14)21-12-20-15/h2-9,12,17,24H,10-11H2,1H3,(H,20,21)(H,22,25)/t17-/m0/s1. The summed E-state index contributed by atoms with van der Waals surface area (Å²) in [5.41, 5.74) is 2.83. The van der Waals surface area contributed by atoms with Crippen LogP contribution in [-0.2, 0) is 11.3 Å². The number of aliphatic hydroxyl groups is 1. The van der Waals surface area contributed by atoms with Crippen LogP contribution in [0.25, 0.3) is 11.0 Å². The van der Waals surface area contributed by atoms with Gasteiger partial charge in [0.25, 0.3) is 5.91 Å². The molecule has 7 nitrogen and oxygen atoms in total. The van der Waals surface area contributed by atoms with Crippen LogP contribution >= 0.6 is 0 Å². The second-order valence-corrected chi connectivity index (χ2v) is 6.02. The first-order chi connectivity index (χ1) is 12.6. The van der Waals surface area contributed by atoms with Crippen LogP contribution in [0.5, 0.6) is 0 Å². The van der Waals surface area contributed by atoms with Gasteiger partial charge in [0, 0.05) is 19.2 Å². The first-order valence-corrected chi connectivity index (χ1v) is 8.22. The zero-order valence-electron chi connectivity index (χ0n) is 14.3. The summed E-state index contributed by atoms with van der Waals surface area (Å²) in [4.78, 5) is 33.5. The number of likely N-dealkylation sites (N-methyl/N-ethyl adjacent to an activating group) is 1. The quantitative estimate of drug-likeness (QED) is 0.623. The van der Waals surface area contributed by atoms with Crippen LogP contribution in [0.3, 0.4) is 0 Å². The Kier molecular flexibility index (Phi) is 5.28. The van der Waals surface area contributed by atoms with Crippen LogP contribution in [0, 0.1) is 0 Å². The number of amides is 2. The van der Waals surface area contributed by atoms with Crippen molar-refractivity contribution < 1.29 is 14.7 Å². The number of carbonyl (C=O) groups is 2. The Bertz CT molecular complexity index is 907. The largest absolute Gasteiger partial charge is 0.394 e. The Morgan fingerprint density at radius 2 is 2.00 bits per heavy atom. The monoisotopic (exact) mass is 352 g/mol. The van der Waals surface area contributed by atoms with Crippen molar-refractivity contribution in [2.75, 3.05) is 13.7 Å². The molecule has 0 aliphatic carbocycles. The predicted octanol–water partition coefficient (Wildman–Crippen LogP) is 1.31. The SMILES string of the molecule is CN(Cc1ccccc1)C(=O)[C@H](CO)NC(=O)c1ccc2nc[nH]c2c1. The van der Waals surface area contributed by atoms with Crippen molar-refractivity contribution in [3.63, 3.8) is 0 Å². The lowest BCUT2D eigenvalue weighted by molar-refractivity contribution is -0.133. The number of benzene rings is 2. The molecule has 0 radical (unpaired) electrons. The van der Waals surface area contributed by atoms with E-state index in [0.717, 1.165) is 16.6 Å². The van der Waals surface area contributed by atoms with Crippen molar-refractivity contribution in [3.05, 3.63) is 66.0 Å². The number of rotatable bonds is 6. The van der Waals surface area contributed by atoms with Gasteiger partial charge in [0.15, 0.2) is 0 Å². The summed E-state index contributed by atoms with van der Waals surface area (Å²) in [6, 6.07) is 13.5. The second-order valence-electron chi connectivity index (χ2n) is 6.02.